The summed E-state index contributed by atoms with van der Waals surface area (Å²) in [6.07, 6.45) is -6.24. The highest BCUT2D eigenvalue weighted by atomic mass is 19.4. The van der Waals surface area contributed by atoms with Crippen molar-refractivity contribution in [2.45, 2.75) is 222 Å². The largest absolute Gasteiger partial charge is 0.422 e. The molecule has 0 unspecified atom stereocenters. The van der Waals surface area contributed by atoms with Crippen LogP contribution < -0.4 is 16.0 Å². The molecular weight excluding hydrogens is 1480 g/mol. The van der Waals surface area contributed by atoms with Gasteiger partial charge in [0.25, 0.3) is 0 Å². The standard InChI is InChI=1S/C78H108F8N12O14/c1-11-47(3)65-73(108)91(6)46-63(101)93(8)57-26-18-16-22-34-97(72(57)107)60(41-48-27-30-51(31-28-48)77(81,82)83)70(105)90(5)45-61(99)87-55(32-29-49-39-53(79)64(54(80)40-49)78(84,85)86)69(104)98-44-52(112-12-2)42-58(98)68(103)89-76(4)33-21-15-13-14-17-25-56(67(102)88-65)92(7)62(100)43-59(71(106)96-35-37-111-38-36-96)94(9)74(109)66(95(10)75(76)110)50-23-19-20-24-50/h15,21,27-28,30-31,39-40,47,50,52,55-60,65-66H,11-14,16-20,22-26,29,32-38,41-46H2,1-10H3,(H,87,99)(H,88,102)(H,89,103)/b21-15-/t47-,52+,55-,56-,57-,58-,59-,60-,65+,66-,76-/m0/s1. The number of amides is 12. The quantitative estimate of drug-likeness (QED) is 0.171. The molecule has 2 aromatic rings. The number of halogens is 8. The Labute approximate surface area is 648 Å². The van der Waals surface area contributed by atoms with Crippen molar-refractivity contribution < 1.29 is 102 Å². The number of alkyl halides is 6. The summed E-state index contributed by atoms with van der Waals surface area (Å²) in [5, 5.41) is 8.36. The topological polar surface area (TPSA) is 289 Å². The van der Waals surface area contributed by atoms with Gasteiger partial charge in [-0.1, -0.05) is 76.7 Å². The zero-order chi connectivity index (χ0) is 82.4. The molecule has 0 spiro atoms. The highest BCUT2D eigenvalue weighted by molar-refractivity contribution is 6.01. The minimum absolute atomic E-state index is 0.0145. The van der Waals surface area contributed by atoms with Crippen LogP contribution in [0.3, 0.4) is 0 Å². The van der Waals surface area contributed by atoms with E-state index in [0.717, 1.165) is 55.8 Å². The van der Waals surface area contributed by atoms with Gasteiger partial charge in [0.2, 0.25) is 70.9 Å². The van der Waals surface area contributed by atoms with Crippen LogP contribution in [-0.4, -0.2) is 276 Å². The number of allylic oxidation sites excluding steroid dienone is 1. The van der Waals surface area contributed by atoms with Crippen LogP contribution >= 0.6 is 0 Å². The third-order valence-electron chi connectivity index (χ3n) is 22.9. The Hall–Kier alpha value is -8.82. The smallest absolute Gasteiger partial charge is 0.378 e. The first-order chi connectivity index (χ1) is 52.8. The van der Waals surface area contributed by atoms with E-state index in [1.165, 1.54) is 61.8 Å². The van der Waals surface area contributed by atoms with Crippen molar-refractivity contribution in [1.82, 2.24) is 60.0 Å². The summed E-state index contributed by atoms with van der Waals surface area (Å²) in [7, 11) is 7.93. The van der Waals surface area contributed by atoms with Gasteiger partial charge in [0.15, 0.2) is 0 Å². The number of aryl methyl sites for hydroxylation is 1. The van der Waals surface area contributed by atoms with Crippen molar-refractivity contribution in [2.75, 3.05) is 101 Å². The van der Waals surface area contributed by atoms with Crippen molar-refractivity contribution >= 4 is 70.9 Å². The van der Waals surface area contributed by atoms with Gasteiger partial charge in [0.05, 0.1) is 44.4 Å². The van der Waals surface area contributed by atoms with E-state index in [2.05, 4.69) is 16.0 Å². The van der Waals surface area contributed by atoms with E-state index in [9.17, 15) is 40.7 Å². The van der Waals surface area contributed by atoms with Crippen LogP contribution in [0.25, 0.3) is 0 Å². The van der Waals surface area contributed by atoms with Crippen LogP contribution in [-0.2, 0) is 92.2 Å². The summed E-state index contributed by atoms with van der Waals surface area (Å²) in [5.41, 5.74) is -5.52. The van der Waals surface area contributed by atoms with E-state index < -0.39 is 222 Å². The fraction of sp³-hybridized carbons (Fsp3) is 0.667. The molecular formula is C78H108F8N12O14. The first-order valence-corrected chi connectivity index (χ1v) is 38.7. The molecule has 6 aliphatic rings. The number of hydrogen-bond donors (Lipinski definition) is 3. The van der Waals surface area contributed by atoms with E-state index in [4.69, 9.17) is 9.47 Å². The lowest BCUT2D eigenvalue weighted by atomic mass is 9.89. The molecule has 12 amide bonds. The Morgan fingerprint density at radius 2 is 1.25 bits per heavy atom. The monoisotopic (exact) mass is 1590 g/mol. The number of carbonyl (C=O) groups excluding carboxylic acids is 12. The maximum Gasteiger partial charge on any atom is 0.422 e. The number of hydrogen-bond acceptors (Lipinski definition) is 14. The molecule has 0 aromatic heterocycles. The molecule has 26 nitrogen and oxygen atoms in total. The minimum atomic E-state index is -5.47. The number of rotatable bonds is 11. The summed E-state index contributed by atoms with van der Waals surface area (Å²) < 4.78 is 126. The number of nitrogens with zero attached hydrogens (tertiary/aromatic N) is 9. The van der Waals surface area contributed by atoms with Crippen molar-refractivity contribution in [3.8, 4) is 0 Å². The minimum Gasteiger partial charge on any atom is -0.378 e. The maximum atomic E-state index is 15.9. The first-order valence-electron chi connectivity index (χ1n) is 38.7. The molecule has 1 saturated carbocycles. The lowest BCUT2D eigenvalue weighted by Gasteiger charge is -2.42. The third-order valence-corrected chi connectivity index (χ3v) is 22.9. The second kappa shape index (κ2) is 38.8. The van der Waals surface area contributed by atoms with E-state index in [1.54, 1.807) is 32.9 Å². The molecule has 4 bridgehead atoms. The second-order valence-electron chi connectivity index (χ2n) is 30.8. The lowest BCUT2D eigenvalue weighted by molar-refractivity contribution is -0.157. The molecule has 5 heterocycles. The van der Waals surface area contributed by atoms with Crippen molar-refractivity contribution in [3.05, 3.63) is 82.4 Å². The number of benzene rings is 2. The molecule has 8 rings (SSSR count). The average Bonchev–Trinajstić information content (AvgIpc) is 1.40. The summed E-state index contributed by atoms with van der Waals surface area (Å²) in [5.74, 6) is -15.2. The first kappa shape index (κ1) is 88.7. The van der Waals surface area contributed by atoms with Gasteiger partial charge in [0, 0.05) is 87.9 Å². The van der Waals surface area contributed by atoms with Gasteiger partial charge in [-0.05, 0) is 125 Å². The maximum absolute atomic E-state index is 15.9. The molecule has 34 heteroatoms. The molecule has 112 heavy (non-hydrogen) atoms. The summed E-state index contributed by atoms with van der Waals surface area (Å²) in [4.78, 5) is 194. The molecule has 620 valence electrons. The number of carbonyl (C=O) groups is 12. The predicted octanol–water partition coefficient (Wildman–Crippen LogP) is 6.04. The Bertz CT molecular complexity index is 3740. The fourth-order valence-electron chi connectivity index (χ4n) is 16.0. The van der Waals surface area contributed by atoms with Crippen molar-refractivity contribution in [1.29, 1.82) is 0 Å². The SMILES string of the molecule is CCO[C@@H]1C[C@H]2C(=O)N[C@@]3(C)C/C=C\CCCC[C@@H](C(=O)N[C@H]([C@@H](C)CC)C(=O)N(C)CC(=O)N(C)[C@H]4CCCCCN(C4=O)[C@@H](Cc4ccc(C(F)(F)F)cc4)C(=O)N(C)CC(=O)N[C@@H](CCc4cc(F)c(C(F)(F)F)c(F)c4)C(=O)N2C1)N(C)C(=O)C[C@@H](C(=O)N1CCOCC1)N(C)C(=O)[C@H](C1CCCC1)N(C)C3=O. The molecule has 11 atom stereocenters. The highest BCUT2D eigenvalue weighted by Crippen LogP contribution is 2.37. The van der Waals surface area contributed by atoms with Crippen LogP contribution in [0.2, 0.25) is 0 Å². The van der Waals surface area contributed by atoms with Gasteiger partial charge in [-0.2, -0.15) is 26.3 Å². The zero-order valence-electron chi connectivity index (χ0n) is 65.5. The van der Waals surface area contributed by atoms with Gasteiger partial charge >= 0.3 is 12.4 Å². The zero-order valence-corrected chi connectivity index (χ0v) is 65.5. The third kappa shape index (κ3) is 21.7. The van der Waals surface area contributed by atoms with Gasteiger partial charge in [-0.3, -0.25) is 57.5 Å². The normalized spacial score (nSPS) is 27.7. The Balaban J connectivity index is 1.28. The Morgan fingerprint density at radius 1 is 0.634 bits per heavy atom. The van der Waals surface area contributed by atoms with Crippen LogP contribution in [0.5, 0.6) is 0 Å². The van der Waals surface area contributed by atoms with Crippen LogP contribution in [0.15, 0.2) is 48.6 Å². The van der Waals surface area contributed by atoms with Gasteiger partial charge in [-0.15, -0.1) is 0 Å². The summed E-state index contributed by atoms with van der Waals surface area (Å²) >= 11 is 0. The van der Waals surface area contributed by atoms with Gasteiger partial charge < -0.3 is 69.5 Å². The van der Waals surface area contributed by atoms with Gasteiger partial charge in [0.1, 0.15) is 71.1 Å². The Kier molecular flexibility index (Phi) is 30.7. The summed E-state index contributed by atoms with van der Waals surface area (Å²) in [6.45, 7) is 4.88. The molecule has 3 N–H and O–H groups in total. The van der Waals surface area contributed by atoms with Crippen molar-refractivity contribution in [2.24, 2.45) is 11.8 Å². The molecule has 0 radical (unpaired) electrons. The van der Waals surface area contributed by atoms with Crippen LogP contribution in [0.1, 0.15) is 159 Å². The molecule has 1 aliphatic carbocycles. The van der Waals surface area contributed by atoms with E-state index >= 15 is 51.9 Å². The fourth-order valence-corrected chi connectivity index (χ4v) is 16.0. The number of likely N-dealkylation sites (N-methyl/N-ethyl adjacent to an activating group) is 6. The molecule has 5 aliphatic heterocycles. The second-order valence-corrected chi connectivity index (χ2v) is 30.8. The van der Waals surface area contributed by atoms with Crippen LogP contribution in [0, 0.1) is 23.5 Å². The number of nitrogens with one attached hydrogen (secondary N) is 3. The highest BCUT2D eigenvalue weighted by Gasteiger charge is 2.51. The van der Waals surface area contributed by atoms with E-state index in [0.29, 0.717) is 69.9 Å². The van der Waals surface area contributed by atoms with E-state index in [-0.39, 0.29) is 90.1 Å². The van der Waals surface area contributed by atoms with E-state index in [1.807, 2.05) is 0 Å². The van der Waals surface area contributed by atoms with Crippen molar-refractivity contribution in [3.63, 3.8) is 0 Å². The Morgan fingerprint density at radius 3 is 1.88 bits per heavy atom. The number of ether oxygens (including phenoxy) is 2. The lowest BCUT2D eigenvalue weighted by Crippen LogP contribution is -2.65. The molecule has 3 saturated heterocycles. The number of morpholine rings is 1. The summed E-state index contributed by atoms with van der Waals surface area (Å²) in [6, 6.07) is -7.35. The predicted molar refractivity (Wildman–Crippen MR) is 392 cm³/mol. The molecule has 2 aromatic carbocycles. The van der Waals surface area contributed by atoms with Crippen LogP contribution in [0.4, 0.5) is 35.1 Å². The molecule has 4 fully saturated rings. The average molecular weight is 1590 g/mol. The number of fused-ring (bicyclic) bond motifs is 10. The van der Waals surface area contributed by atoms with Gasteiger partial charge in [-0.25, -0.2) is 8.78 Å².